The van der Waals surface area contributed by atoms with Crippen molar-refractivity contribution < 1.29 is 9.53 Å². The molecule has 0 aromatic heterocycles. The summed E-state index contributed by atoms with van der Waals surface area (Å²) in [4.78, 5) is 11.5. The van der Waals surface area contributed by atoms with Crippen LogP contribution in [-0.4, -0.2) is 25.6 Å². The highest BCUT2D eigenvalue weighted by atomic mass is 16.5. The maximum Gasteiger partial charge on any atom is 0.221 e. The van der Waals surface area contributed by atoms with Gasteiger partial charge < -0.3 is 15.4 Å². The molecule has 0 spiro atoms. The Labute approximate surface area is 118 Å². The Morgan fingerprint density at radius 3 is 2.95 bits per heavy atom. The third-order valence-electron chi connectivity index (χ3n) is 3.20. The van der Waals surface area contributed by atoms with Gasteiger partial charge in [-0.3, -0.25) is 4.79 Å². The fourth-order valence-corrected chi connectivity index (χ4v) is 1.94. The zero-order valence-electron chi connectivity index (χ0n) is 11.6. The number of hydrogen-bond acceptors (Lipinski definition) is 4. The number of nitrogens with zero attached hydrogens (tertiary/aromatic N) is 1. The molecule has 2 N–H and O–H groups in total. The van der Waals surface area contributed by atoms with Crippen molar-refractivity contribution in [1.82, 2.24) is 10.6 Å². The van der Waals surface area contributed by atoms with Crippen LogP contribution in [0.25, 0.3) is 0 Å². The fraction of sp³-hybridized carbons (Fsp3) is 0.467. The van der Waals surface area contributed by atoms with E-state index >= 15 is 0 Å². The molecule has 1 fully saturated rings. The molecule has 1 aliphatic rings. The molecule has 0 radical (unpaired) electrons. The van der Waals surface area contributed by atoms with Crippen LogP contribution >= 0.6 is 0 Å². The van der Waals surface area contributed by atoms with Crippen LogP contribution < -0.4 is 15.4 Å². The Bertz CT molecular complexity index is 518. The lowest BCUT2D eigenvalue weighted by atomic mass is 10.1. The van der Waals surface area contributed by atoms with E-state index in [0.717, 1.165) is 24.2 Å². The summed E-state index contributed by atoms with van der Waals surface area (Å²) in [6.07, 6.45) is 2.69. The van der Waals surface area contributed by atoms with Gasteiger partial charge in [-0.05, 0) is 31.0 Å². The maximum atomic E-state index is 11.5. The van der Waals surface area contributed by atoms with Crippen LogP contribution in [0.2, 0.25) is 0 Å². The molecule has 20 heavy (non-hydrogen) atoms. The van der Waals surface area contributed by atoms with Gasteiger partial charge in [0, 0.05) is 31.1 Å². The molecule has 106 valence electrons. The zero-order chi connectivity index (χ0) is 14.4. The minimum atomic E-state index is 0.0951. The summed E-state index contributed by atoms with van der Waals surface area (Å²) in [6.45, 7) is 1.19. The van der Waals surface area contributed by atoms with E-state index < -0.39 is 0 Å². The Hall–Kier alpha value is -2.06. The molecule has 0 bridgehead atoms. The molecule has 1 aromatic rings. The van der Waals surface area contributed by atoms with Crippen molar-refractivity contribution in [2.75, 3.05) is 13.7 Å². The summed E-state index contributed by atoms with van der Waals surface area (Å²) < 4.78 is 5.26. The second-order valence-corrected chi connectivity index (χ2v) is 4.91. The van der Waals surface area contributed by atoms with E-state index in [1.165, 1.54) is 0 Å². The first-order chi connectivity index (χ1) is 9.72. The number of ether oxygens (including phenoxy) is 1. The molecular formula is C15H19N3O2. The number of hydrogen-bond donors (Lipinski definition) is 2. The summed E-state index contributed by atoms with van der Waals surface area (Å²) in [5, 5.41) is 15.0. The SMILES string of the molecule is COc1ccc(C#N)cc1CNCCC(=O)NC1CC1. The molecule has 1 saturated carbocycles. The number of nitriles is 1. The van der Waals surface area contributed by atoms with Crippen molar-refractivity contribution in [3.8, 4) is 11.8 Å². The van der Waals surface area contributed by atoms with Gasteiger partial charge in [0.25, 0.3) is 0 Å². The first-order valence-electron chi connectivity index (χ1n) is 6.80. The third-order valence-corrected chi connectivity index (χ3v) is 3.20. The van der Waals surface area contributed by atoms with Crippen LogP contribution in [0.4, 0.5) is 0 Å². The number of methoxy groups -OCH3 is 1. The predicted octanol–water partition coefficient (Wildman–Crippen LogP) is 1.33. The quantitative estimate of drug-likeness (QED) is 0.735. The summed E-state index contributed by atoms with van der Waals surface area (Å²) in [5.41, 5.74) is 1.53. The Morgan fingerprint density at radius 1 is 1.50 bits per heavy atom. The number of rotatable bonds is 7. The number of carbonyl (C=O) groups is 1. The van der Waals surface area contributed by atoms with Gasteiger partial charge in [0.15, 0.2) is 0 Å². The Kier molecular flexibility index (Phi) is 4.97. The molecule has 0 unspecified atom stereocenters. The van der Waals surface area contributed by atoms with Crippen molar-refractivity contribution in [2.24, 2.45) is 0 Å². The predicted molar refractivity (Wildman–Crippen MR) is 75.2 cm³/mol. The maximum absolute atomic E-state index is 11.5. The van der Waals surface area contributed by atoms with Crippen LogP contribution in [0.5, 0.6) is 5.75 Å². The third kappa shape index (κ3) is 4.25. The monoisotopic (exact) mass is 273 g/mol. The molecule has 2 rings (SSSR count). The highest BCUT2D eigenvalue weighted by Gasteiger charge is 2.22. The topological polar surface area (TPSA) is 74.1 Å². The second kappa shape index (κ2) is 6.92. The number of benzene rings is 1. The van der Waals surface area contributed by atoms with Crippen molar-refractivity contribution >= 4 is 5.91 Å². The average molecular weight is 273 g/mol. The van der Waals surface area contributed by atoms with Gasteiger partial charge in [-0.15, -0.1) is 0 Å². The normalized spacial score (nSPS) is 13.6. The zero-order valence-corrected chi connectivity index (χ0v) is 11.6. The van der Waals surface area contributed by atoms with Crippen LogP contribution in [0.3, 0.4) is 0 Å². The van der Waals surface area contributed by atoms with E-state index in [4.69, 9.17) is 10.00 Å². The fourth-order valence-electron chi connectivity index (χ4n) is 1.94. The molecule has 0 aliphatic heterocycles. The van der Waals surface area contributed by atoms with E-state index in [2.05, 4.69) is 16.7 Å². The first-order valence-corrected chi connectivity index (χ1v) is 6.80. The molecule has 1 amide bonds. The second-order valence-electron chi connectivity index (χ2n) is 4.91. The summed E-state index contributed by atoms with van der Waals surface area (Å²) in [7, 11) is 1.61. The molecule has 0 atom stereocenters. The van der Waals surface area contributed by atoms with Crippen molar-refractivity contribution in [1.29, 1.82) is 5.26 Å². The standard InChI is InChI=1S/C15H19N3O2/c1-20-14-5-2-11(9-16)8-12(14)10-17-7-6-15(19)18-13-3-4-13/h2,5,8,13,17H,3-4,6-7,10H2,1H3,(H,18,19). The van der Waals surface area contributed by atoms with Gasteiger partial charge in [0.2, 0.25) is 5.91 Å². The van der Waals surface area contributed by atoms with Gasteiger partial charge in [-0.25, -0.2) is 0 Å². The van der Waals surface area contributed by atoms with Gasteiger partial charge in [0.1, 0.15) is 5.75 Å². The minimum Gasteiger partial charge on any atom is -0.496 e. The van der Waals surface area contributed by atoms with Crippen LogP contribution in [0.1, 0.15) is 30.4 Å². The van der Waals surface area contributed by atoms with E-state index in [0.29, 0.717) is 31.1 Å². The van der Waals surface area contributed by atoms with Gasteiger partial charge >= 0.3 is 0 Å². The lowest BCUT2D eigenvalue weighted by Gasteiger charge is -2.10. The molecule has 5 nitrogen and oxygen atoms in total. The number of nitrogens with one attached hydrogen (secondary N) is 2. The highest BCUT2D eigenvalue weighted by molar-refractivity contribution is 5.76. The lowest BCUT2D eigenvalue weighted by Crippen LogP contribution is -2.29. The van der Waals surface area contributed by atoms with Crippen molar-refractivity contribution in [3.05, 3.63) is 29.3 Å². The van der Waals surface area contributed by atoms with E-state index in [1.807, 2.05) is 0 Å². The first kappa shape index (κ1) is 14.4. The van der Waals surface area contributed by atoms with E-state index in [9.17, 15) is 4.79 Å². The summed E-state index contributed by atoms with van der Waals surface area (Å²) in [6, 6.07) is 7.84. The van der Waals surface area contributed by atoms with Crippen LogP contribution in [0, 0.1) is 11.3 Å². The Balaban J connectivity index is 1.77. The van der Waals surface area contributed by atoms with Gasteiger partial charge in [0.05, 0.1) is 18.7 Å². The lowest BCUT2D eigenvalue weighted by molar-refractivity contribution is -0.121. The molecule has 5 heteroatoms. The summed E-state index contributed by atoms with van der Waals surface area (Å²) in [5.74, 6) is 0.844. The smallest absolute Gasteiger partial charge is 0.221 e. The molecule has 0 saturated heterocycles. The highest BCUT2D eigenvalue weighted by Crippen LogP contribution is 2.19. The van der Waals surface area contributed by atoms with Crippen molar-refractivity contribution in [3.63, 3.8) is 0 Å². The largest absolute Gasteiger partial charge is 0.496 e. The van der Waals surface area contributed by atoms with Gasteiger partial charge in [-0.1, -0.05) is 0 Å². The average Bonchev–Trinajstić information content (AvgIpc) is 3.27. The van der Waals surface area contributed by atoms with E-state index in [1.54, 1.807) is 25.3 Å². The number of carbonyl (C=O) groups excluding carboxylic acids is 1. The van der Waals surface area contributed by atoms with Crippen LogP contribution in [0.15, 0.2) is 18.2 Å². The van der Waals surface area contributed by atoms with Crippen molar-refractivity contribution in [2.45, 2.75) is 31.8 Å². The summed E-state index contributed by atoms with van der Waals surface area (Å²) >= 11 is 0. The molecular weight excluding hydrogens is 254 g/mol. The van der Waals surface area contributed by atoms with Gasteiger partial charge in [-0.2, -0.15) is 5.26 Å². The molecule has 0 heterocycles. The molecule has 1 aliphatic carbocycles. The minimum absolute atomic E-state index is 0.0951. The van der Waals surface area contributed by atoms with E-state index in [-0.39, 0.29) is 5.91 Å². The number of amides is 1. The van der Waals surface area contributed by atoms with Crippen LogP contribution in [-0.2, 0) is 11.3 Å². The Morgan fingerprint density at radius 2 is 2.30 bits per heavy atom. The molecule has 1 aromatic carbocycles.